The number of rotatable bonds is 9. The molecule has 2 aliphatic rings. The van der Waals surface area contributed by atoms with Gasteiger partial charge in [-0.1, -0.05) is 23.9 Å². The Labute approximate surface area is 235 Å². The van der Waals surface area contributed by atoms with Crippen LogP contribution in [0.1, 0.15) is 40.0 Å². The fourth-order valence-electron chi connectivity index (χ4n) is 4.99. The molecule has 9 heteroatoms. The molecule has 1 N–H and O–H groups in total. The van der Waals surface area contributed by atoms with Crippen molar-refractivity contribution in [3.05, 3.63) is 70.9 Å². The van der Waals surface area contributed by atoms with Gasteiger partial charge in [0.15, 0.2) is 5.16 Å². The van der Waals surface area contributed by atoms with Crippen LogP contribution in [0, 0.1) is 13.8 Å². The van der Waals surface area contributed by atoms with Crippen LogP contribution in [0.25, 0.3) is 0 Å². The molecule has 3 aromatic rings. The second kappa shape index (κ2) is 12.7. The molecule has 2 fully saturated rings. The predicted octanol–water partition coefficient (Wildman–Crippen LogP) is 4.63. The highest BCUT2D eigenvalue weighted by Crippen LogP contribution is 2.28. The first-order valence-electron chi connectivity index (χ1n) is 13.6. The van der Waals surface area contributed by atoms with Gasteiger partial charge < -0.3 is 24.6 Å². The first-order chi connectivity index (χ1) is 19.0. The third kappa shape index (κ3) is 6.83. The van der Waals surface area contributed by atoms with Crippen molar-refractivity contribution in [2.24, 2.45) is 0 Å². The number of carbonyl (C=O) groups excluding carboxylic acids is 1. The number of piperazine rings is 1. The van der Waals surface area contributed by atoms with E-state index >= 15 is 0 Å². The fourth-order valence-corrected chi connectivity index (χ4v) is 5.82. The zero-order valence-corrected chi connectivity index (χ0v) is 23.8. The highest BCUT2D eigenvalue weighted by atomic mass is 32.2. The second-order valence-electron chi connectivity index (χ2n) is 10.0. The van der Waals surface area contributed by atoms with Crippen molar-refractivity contribution in [2.45, 2.75) is 43.7 Å². The van der Waals surface area contributed by atoms with Crippen LogP contribution in [0.2, 0.25) is 0 Å². The van der Waals surface area contributed by atoms with Crippen LogP contribution in [0.4, 0.5) is 11.5 Å². The van der Waals surface area contributed by atoms with Crippen molar-refractivity contribution in [2.75, 3.05) is 56.2 Å². The largest absolute Gasteiger partial charge is 0.497 e. The molecule has 3 heterocycles. The fraction of sp³-hybridized carbons (Fsp3) is 0.433. The molecule has 2 aromatic carbocycles. The monoisotopic (exact) mass is 547 g/mol. The Bertz CT molecular complexity index is 1270. The highest BCUT2D eigenvalue weighted by molar-refractivity contribution is 7.98. The van der Waals surface area contributed by atoms with Gasteiger partial charge in [0.25, 0.3) is 5.91 Å². The number of methoxy groups -OCH3 is 1. The van der Waals surface area contributed by atoms with Gasteiger partial charge in [-0.3, -0.25) is 4.79 Å². The molecule has 206 valence electrons. The molecular weight excluding hydrogens is 510 g/mol. The van der Waals surface area contributed by atoms with Gasteiger partial charge in [-0.25, -0.2) is 9.97 Å². The number of nitrogens with zero attached hydrogens (tertiary/aromatic N) is 4. The lowest BCUT2D eigenvalue weighted by molar-refractivity contribution is 0.0857. The predicted molar refractivity (Wildman–Crippen MR) is 156 cm³/mol. The van der Waals surface area contributed by atoms with Crippen LogP contribution in [0.5, 0.6) is 5.75 Å². The number of hydrogen-bond acceptors (Lipinski definition) is 8. The molecule has 2 saturated heterocycles. The quantitative estimate of drug-likeness (QED) is 0.307. The van der Waals surface area contributed by atoms with Crippen LogP contribution in [-0.4, -0.2) is 68.4 Å². The molecule has 1 unspecified atom stereocenters. The maximum absolute atomic E-state index is 12.7. The van der Waals surface area contributed by atoms with Gasteiger partial charge >= 0.3 is 0 Å². The maximum atomic E-state index is 12.7. The first-order valence-corrected chi connectivity index (χ1v) is 14.6. The van der Waals surface area contributed by atoms with Crippen molar-refractivity contribution >= 4 is 29.2 Å². The van der Waals surface area contributed by atoms with Gasteiger partial charge in [-0.05, 0) is 68.7 Å². The van der Waals surface area contributed by atoms with Crippen LogP contribution in [0.15, 0.2) is 53.7 Å². The molecule has 5 rings (SSSR count). The lowest BCUT2D eigenvalue weighted by Gasteiger charge is -2.37. The Morgan fingerprint density at radius 1 is 1.08 bits per heavy atom. The summed E-state index contributed by atoms with van der Waals surface area (Å²) in [4.78, 5) is 27.2. The summed E-state index contributed by atoms with van der Waals surface area (Å²) in [5, 5.41) is 3.77. The Kier molecular flexibility index (Phi) is 8.88. The molecule has 1 atom stereocenters. The van der Waals surface area contributed by atoms with E-state index in [9.17, 15) is 4.79 Å². The smallest absolute Gasteiger partial charge is 0.251 e. The first kappa shape index (κ1) is 27.3. The molecule has 8 nitrogen and oxygen atoms in total. The van der Waals surface area contributed by atoms with E-state index in [4.69, 9.17) is 19.4 Å². The molecule has 39 heavy (non-hydrogen) atoms. The van der Waals surface area contributed by atoms with Gasteiger partial charge in [0.1, 0.15) is 11.6 Å². The number of nitrogens with one attached hydrogen (secondary N) is 1. The standard InChI is InChI=1S/C30H37N5O3S/c1-21-22(2)32-30(33-28(21)35-15-13-34(14-16-35)25-9-11-26(37-3)12-10-25)39-20-23-6-4-7-24(18-23)29(36)31-19-27-8-5-17-38-27/h4,6-7,9-12,18,27H,5,8,13-17,19-20H2,1-3H3,(H,31,36). The highest BCUT2D eigenvalue weighted by Gasteiger charge is 2.22. The number of benzene rings is 2. The SMILES string of the molecule is COc1ccc(N2CCN(c3nc(SCc4cccc(C(=O)NCC5CCCO5)c4)nc(C)c3C)CC2)cc1. The Morgan fingerprint density at radius 2 is 1.85 bits per heavy atom. The van der Waals surface area contributed by atoms with Gasteiger partial charge in [-0.2, -0.15) is 0 Å². The topological polar surface area (TPSA) is 79.8 Å². The molecule has 2 aliphatic heterocycles. The summed E-state index contributed by atoms with van der Waals surface area (Å²) >= 11 is 1.61. The molecule has 1 amide bonds. The summed E-state index contributed by atoms with van der Waals surface area (Å²) in [6.07, 6.45) is 2.21. The lowest BCUT2D eigenvalue weighted by Crippen LogP contribution is -2.47. The van der Waals surface area contributed by atoms with Gasteiger partial charge in [0, 0.05) is 67.6 Å². The van der Waals surface area contributed by atoms with E-state index < -0.39 is 0 Å². The minimum Gasteiger partial charge on any atom is -0.497 e. The summed E-state index contributed by atoms with van der Waals surface area (Å²) in [5.74, 6) is 2.52. The molecule has 0 bridgehead atoms. The molecule has 1 aromatic heterocycles. The van der Waals surface area contributed by atoms with E-state index in [1.165, 1.54) is 5.69 Å². The normalized spacial score (nSPS) is 17.4. The van der Waals surface area contributed by atoms with E-state index in [1.54, 1.807) is 18.9 Å². The summed E-state index contributed by atoms with van der Waals surface area (Å²) in [7, 11) is 1.69. The number of ether oxygens (including phenoxy) is 2. The summed E-state index contributed by atoms with van der Waals surface area (Å²) in [6, 6.07) is 16.1. The van der Waals surface area contributed by atoms with E-state index in [-0.39, 0.29) is 12.0 Å². The van der Waals surface area contributed by atoms with Crippen molar-refractivity contribution in [3.63, 3.8) is 0 Å². The third-order valence-electron chi connectivity index (χ3n) is 7.43. The molecule has 0 radical (unpaired) electrons. The number of anilines is 2. The van der Waals surface area contributed by atoms with Crippen molar-refractivity contribution in [1.29, 1.82) is 0 Å². The van der Waals surface area contributed by atoms with Gasteiger partial charge in [0.2, 0.25) is 0 Å². The van der Waals surface area contributed by atoms with Crippen molar-refractivity contribution < 1.29 is 14.3 Å². The van der Waals surface area contributed by atoms with Crippen molar-refractivity contribution in [3.8, 4) is 5.75 Å². The van der Waals surface area contributed by atoms with E-state index in [0.717, 1.165) is 79.2 Å². The summed E-state index contributed by atoms with van der Waals surface area (Å²) in [5.41, 5.74) is 5.08. The number of aromatic nitrogens is 2. The average molecular weight is 548 g/mol. The zero-order chi connectivity index (χ0) is 27.2. The van der Waals surface area contributed by atoms with Gasteiger partial charge in [0.05, 0.1) is 13.2 Å². The third-order valence-corrected chi connectivity index (χ3v) is 8.35. The Balaban J connectivity index is 1.19. The zero-order valence-electron chi connectivity index (χ0n) is 23.0. The number of aryl methyl sites for hydroxylation is 1. The summed E-state index contributed by atoms with van der Waals surface area (Å²) < 4.78 is 10.9. The molecular formula is C30H37N5O3S. The van der Waals surface area contributed by atoms with E-state index in [1.807, 2.05) is 36.4 Å². The Hall–Kier alpha value is -3.30. The van der Waals surface area contributed by atoms with Crippen molar-refractivity contribution in [1.82, 2.24) is 15.3 Å². The summed E-state index contributed by atoms with van der Waals surface area (Å²) in [6.45, 7) is 9.16. The van der Waals surface area contributed by atoms with E-state index in [2.05, 4.69) is 41.1 Å². The second-order valence-corrected chi connectivity index (χ2v) is 11.0. The van der Waals surface area contributed by atoms with Crippen LogP contribution in [-0.2, 0) is 10.5 Å². The molecule has 0 spiro atoms. The average Bonchev–Trinajstić information content (AvgIpc) is 3.50. The lowest BCUT2D eigenvalue weighted by atomic mass is 10.1. The minimum absolute atomic E-state index is 0.0594. The Morgan fingerprint density at radius 3 is 2.56 bits per heavy atom. The molecule has 0 aliphatic carbocycles. The van der Waals surface area contributed by atoms with E-state index in [0.29, 0.717) is 17.9 Å². The number of amides is 1. The maximum Gasteiger partial charge on any atom is 0.251 e. The van der Waals surface area contributed by atoms with Crippen LogP contribution < -0.4 is 19.9 Å². The van der Waals surface area contributed by atoms with Gasteiger partial charge in [-0.15, -0.1) is 0 Å². The minimum atomic E-state index is -0.0594. The van der Waals surface area contributed by atoms with Crippen LogP contribution in [0.3, 0.4) is 0 Å². The number of hydrogen-bond donors (Lipinski definition) is 1. The number of thioether (sulfide) groups is 1. The number of carbonyl (C=O) groups is 1. The molecule has 0 saturated carbocycles. The van der Waals surface area contributed by atoms with Crippen LogP contribution >= 0.6 is 11.8 Å².